The van der Waals surface area contributed by atoms with Gasteiger partial charge in [0.15, 0.2) is 0 Å². The second-order valence-electron chi connectivity index (χ2n) is 3.27. The van der Waals surface area contributed by atoms with Crippen molar-refractivity contribution in [2.24, 2.45) is 0 Å². The maximum Gasteiger partial charge on any atom is 0.286 e. The Morgan fingerprint density at radius 1 is 1.35 bits per heavy atom. The van der Waals surface area contributed by atoms with Crippen molar-refractivity contribution in [3.8, 4) is 0 Å². The predicted molar refractivity (Wildman–Crippen MR) is 69.1 cm³/mol. The Hall–Kier alpha value is -1.17. The molecule has 17 heavy (non-hydrogen) atoms. The first kappa shape index (κ1) is 12.3. The number of rotatable bonds is 2. The van der Waals surface area contributed by atoms with Crippen LogP contribution in [0.15, 0.2) is 18.2 Å². The first-order valence-electron chi connectivity index (χ1n) is 4.63. The molecule has 7 heteroatoms. The average molecular weight is 288 g/mol. The molecule has 0 aliphatic heterocycles. The van der Waals surface area contributed by atoms with Crippen LogP contribution < -0.4 is 5.32 Å². The van der Waals surface area contributed by atoms with E-state index >= 15 is 0 Å². The van der Waals surface area contributed by atoms with E-state index in [1.54, 1.807) is 18.2 Å². The molecule has 0 saturated heterocycles. The molecular formula is C10H7Cl2N3OS. The fraction of sp³-hybridized carbons (Fsp3) is 0.100. The molecular weight excluding hydrogens is 281 g/mol. The van der Waals surface area contributed by atoms with Gasteiger partial charge in [-0.25, -0.2) is 0 Å². The van der Waals surface area contributed by atoms with Crippen molar-refractivity contribution < 1.29 is 4.79 Å². The standard InChI is InChI=1S/C10H7Cl2N3OS/c1-5-4-6(11)2-3-7(5)13-8(16)9-14-15-10(12)17-9/h2-4H,1H3,(H,13,16). The van der Waals surface area contributed by atoms with Crippen LogP contribution in [0.3, 0.4) is 0 Å². The van der Waals surface area contributed by atoms with Crippen molar-refractivity contribution >= 4 is 46.1 Å². The lowest BCUT2D eigenvalue weighted by Crippen LogP contribution is -2.12. The molecule has 88 valence electrons. The van der Waals surface area contributed by atoms with Crippen LogP contribution in [0.25, 0.3) is 0 Å². The SMILES string of the molecule is Cc1cc(Cl)ccc1NC(=O)c1nnc(Cl)s1. The quantitative estimate of drug-likeness (QED) is 0.921. The molecule has 0 fully saturated rings. The summed E-state index contributed by atoms with van der Waals surface area (Å²) >= 11 is 12.5. The smallest absolute Gasteiger partial charge is 0.286 e. The maximum atomic E-state index is 11.8. The Kier molecular flexibility index (Phi) is 3.61. The van der Waals surface area contributed by atoms with Gasteiger partial charge in [0.2, 0.25) is 9.47 Å². The van der Waals surface area contributed by atoms with Crippen LogP contribution in [0.2, 0.25) is 9.49 Å². The average Bonchev–Trinajstić information content (AvgIpc) is 2.69. The van der Waals surface area contributed by atoms with Crippen molar-refractivity contribution in [1.82, 2.24) is 10.2 Å². The van der Waals surface area contributed by atoms with Gasteiger partial charge in [-0.3, -0.25) is 4.79 Å². The zero-order valence-corrected chi connectivity index (χ0v) is 11.0. The minimum absolute atomic E-state index is 0.226. The minimum Gasteiger partial charge on any atom is -0.320 e. The summed E-state index contributed by atoms with van der Waals surface area (Å²) < 4.78 is 0.239. The highest BCUT2D eigenvalue weighted by Crippen LogP contribution is 2.21. The predicted octanol–water partition coefficient (Wildman–Crippen LogP) is 3.41. The fourth-order valence-corrected chi connectivity index (χ4v) is 2.19. The molecule has 0 saturated carbocycles. The van der Waals surface area contributed by atoms with E-state index in [9.17, 15) is 4.79 Å². The van der Waals surface area contributed by atoms with E-state index < -0.39 is 0 Å². The number of anilines is 1. The summed E-state index contributed by atoms with van der Waals surface area (Å²) in [7, 11) is 0. The molecule has 0 aliphatic rings. The number of amides is 1. The third-order valence-electron chi connectivity index (χ3n) is 2.03. The Balaban J connectivity index is 2.18. The summed E-state index contributed by atoms with van der Waals surface area (Å²) in [4.78, 5) is 11.8. The molecule has 2 rings (SSSR count). The molecule has 1 aromatic carbocycles. The van der Waals surface area contributed by atoms with E-state index in [1.807, 2.05) is 6.92 Å². The normalized spacial score (nSPS) is 10.3. The molecule has 0 unspecified atom stereocenters. The lowest BCUT2D eigenvalue weighted by molar-refractivity contribution is 0.102. The number of aryl methyl sites for hydroxylation is 1. The van der Waals surface area contributed by atoms with Crippen LogP contribution >= 0.6 is 34.5 Å². The second kappa shape index (κ2) is 5.00. The molecule has 0 spiro atoms. The number of nitrogens with one attached hydrogen (secondary N) is 1. The van der Waals surface area contributed by atoms with Crippen LogP contribution in [-0.2, 0) is 0 Å². The molecule has 1 heterocycles. The molecule has 0 aliphatic carbocycles. The second-order valence-corrected chi connectivity index (χ2v) is 5.27. The van der Waals surface area contributed by atoms with E-state index in [2.05, 4.69) is 15.5 Å². The summed E-state index contributed by atoms with van der Waals surface area (Å²) in [5, 5.41) is 10.8. The third-order valence-corrected chi connectivity index (χ3v) is 3.28. The van der Waals surface area contributed by atoms with Crippen molar-refractivity contribution in [2.45, 2.75) is 6.92 Å². The van der Waals surface area contributed by atoms with Crippen LogP contribution in [0, 0.1) is 6.92 Å². The fourth-order valence-electron chi connectivity index (χ4n) is 1.24. The molecule has 0 bridgehead atoms. The summed E-state index contributed by atoms with van der Waals surface area (Å²) in [5.41, 5.74) is 1.56. The highest BCUT2D eigenvalue weighted by molar-refractivity contribution is 7.17. The van der Waals surface area contributed by atoms with Gasteiger partial charge < -0.3 is 5.32 Å². The van der Waals surface area contributed by atoms with Gasteiger partial charge in [0.1, 0.15) is 0 Å². The highest BCUT2D eigenvalue weighted by Gasteiger charge is 2.13. The van der Waals surface area contributed by atoms with Gasteiger partial charge in [0.05, 0.1) is 0 Å². The summed E-state index contributed by atoms with van der Waals surface area (Å²) in [5.74, 6) is -0.333. The van der Waals surface area contributed by atoms with Gasteiger partial charge in [-0.05, 0) is 42.3 Å². The van der Waals surface area contributed by atoms with Crippen LogP contribution in [0.5, 0.6) is 0 Å². The monoisotopic (exact) mass is 287 g/mol. The zero-order chi connectivity index (χ0) is 12.4. The van der Waals surface area contributed by atoms with Gasteiger partial charge in [-0.15, -0.1) is 10.2 Å². The van der Waals surface area contributed by atoms with Crippen LogP contribution in [0.4, 0.5) is 5.69 Å². The molecule has 1 aromatic heterocycles. The highest BCUT2D eigenvalue weighted by atomic mass is 35.5. The van der Waals surface area contributed by atoms with Crippen molar-refractivity contribution in [3.05, 3.63) is 38.3 Å². The Labute approximate surface area is 112 Å². The number of halogens is 2. The largest absolute Gasteiger partial charge is 0.320 e. The number of hydrogen-bond acceptors (Lipinski definition) is 4. The van der Waals surface area contributed by atoms with E-state index in [4.69, 9.17) is 23.2 Å². The number of carbonyl (C=O) groups excluding carboxylic acids is 1. The van der Waals surface area contributed by atoms with E-state index in [0.717, 1.165) is 16.9 Å². The number of nitrogens with zero attached hydrogens (tertiary/aromatic N) is 2. The van der Waals surface area contributed by atoms with Crippen molar-refractivity contribution in [3.63, 3.8) is 0 Å². The molecule has 1 N–H and O–H groups in total. The Bertz CT molecular complexity index is 570. The molecule has 2 aromatic rings. The van der Waals surface area contributed by atoms with E-state index in [-0.39, 0.29) is 15.4 Å². The number of benzene rings is 1. The Morgan fingerprint density at radius 2 is 2.12 bits per heavy atom. The van der Waals surface area contributed by atoms with E-state index in [1.165, 1.54) is 0 Å². The third kappa shape index (κ3) is 2.94. The molecule has 0 radical (unpaired) electrons. The van der Waals surface area contributed by atoms with Crippen LogP contribution in [0.1, 0.15) is 15.4 Å². The first-order chi connectivity index (χ1) is 8.06. The molecule has 1 amide bonds. The van der Waals surface area contributed by atoms with Gasteiger partial charge in [0.25, 0.3) is 5.91 Å². The van der Waals surface area contributed by atoms with Gasteiger partial charge in [-0.2, -0.15) is 0 Å². The summed E-state index contributed by atoms with van der Waals surface area (Å²) in [6.45, 7) is 1.86. The van der Waals surface area contributed by atoms with Gasteiger partial charge in [-0.1, -0.05) is 22.9 Å². The number of hydrogen-bond donors (Lipinski definition) is 1. The maximum absolute atomic E-state index is 11.8. The minimum atomic E-state index is -0.333. The van der Waals surface area contributed by atoms with Crippen LogP contribution in [-0.4, -0.2) is 16.1 Å². The number of carbonyl (C=O) groups is 1. The lowest BCUT2D eigenvalue weighted by atomic mass is 10.2. The first-order valence-corrected chi connectivity index (χ1v) is 6.20. The van der Waals surface area contributed by atoms with Crippen molar-refractivity contribution in [2.75, 3.05) is 5.32 Å². The molecule has 0 atom stereocenters. The summed E-state index contributed by atoms with van der Waals surface area (Å²) in [6.07, 6.45) is 0. The topological polar surface area (TPSA) is 54.9 Å². The Morgan fingerprint density at radius 3 is 2.71 bits per heavy atom. The molecule has 4 nitrogen and oxygen atoms in total. The summed E-state index contributed by atoms with van der Waals surface area (Å²) in [6, 6.07) is 5.21. The van der Waals surface area contributed by atoms with E-state index in [0.29, 0.717) is 10.7 Å². The van der Waals surface area contributed by atoms with Gasteiger partial charge in [0, 0.05) is 10.7 Å². The van der Waals surface area contributed by atoms with Gasteiger partial charge >= 0.3 is 0 Å². The number of aromatic nitrogens is 2. The zero-order valence-electron chi connectivity index (χ0n) is 8.70. The lowest BCUT2D eigenvalue weighted by Gasteiger charge is -2.06. The van der Waals surface area contributed by atoms with Crippen molar-refractivity contribution in [1.29, 1.82) is 0 Å².